The van der Waals surface area contributed by atoms with E-state index in [1.165, 1.54) is 18.4 Å². The van der Waals surface area contributed by atoms with E-state index in [4.69, 9.17) is 9.15 Å². The van der Waals surface area contributed by atoms with Gasteiger partial charge in [0.1, 0.15) is 40.4 Å². The van der Waals surface area contributed by atoms with Crippen LogP contribution in [0.4, 0.5) is 0 Å². The molecule has 0 amide bonds. The van der Waals surface area contributed by atoms with Gasteiger partial charge in [-0.15, -0.1) is 0 Å². The molecule has 0 saturated heterocycles. The normalized spacial score (nSPS) is 16.2. The van der Waals surface area contributed by atoms with Crippen molar-refractivity contribution >= 4 is 5.78 Å². The first-order valence-corrected chi connectivity index (χ1v) is 8.12. The monoisotopic (exact) mass is 352 g/mol. The van der Waals surface area contributed by atoms with E-state index in [9.17, 15) is 20.1 Å². The van der Waals surface area contributed by atoms with E-state index in [1.54, 1.807) is 24.3 Å². The lowest BCUT2D eigenvalue weighted by molar-refractivity contribution is 0.0842. The molecule has 132 valence electrons. The lowest BCUT2D eigenvalue weighted by Gasteiger charge is -2.28. The van der Waals surface area contributed by atoms with Crippen LogP contribution in [0.3, 0.4) is 0 Å². The number of aromatic hydroxyl groups is 3. The third-order valence-corrected chi connectivity index (χ3v) is 4.45. The molecular formula is C20H16O6. The molecule has 1 atom stereocenters. The summed E-state index contributed by atoms with van der Waals surface area (Å²) in [6.07, 6.45) is 1.21. The summed E-state index contributed by atoms with van der Waals surface area (Å²) >= 11 is 0. The quantitative estimate of drug-likeness (QED) is 0.665. The fraction of sp³-hybridized carbons (Fsp3) is 0.150. The molecule has 0 radical (unpaired) electrons. The third kappa shape index (κ3) is 2.75. The number of benzene rings is 2. The maximum Gasteiger partial charge on any atom is 0.174 e. The number of ether oxygens (including phenoxy) is 1. The first-order chi connectivity index (χ1) is 12.5. The Kier molecular flexibility index (Phi) is 3.80. The predicted molar refractivity (Wildman–Crippen MR) is 91.7 cm³/mol. The Balaban J connectivity index is 1.79. The average molecular weight is 352 g/mol. The largest absolute Gasteiger partial charge is 0.508 e. The molecule has 0 aliphatic carbocycles. The van der Waals surface area contributed by atoms with Gasteiger partial charge in [-0.1, -0.05) is 12.1 Å². The molecular weight excluding hydrogens is 336 g/mol. The summed E-state index contributed by atoms with van der Waals surface area (Å²) in [5, 5.41) is 29.9. The van der Waals surface area contributed by atoms with Crippen LogP contribution in [0.5, 0.6) is 23.0 Å². The zero-order valence-electron chi connectivity index (χ0n) is 13.7. The molecule has 6 heteroatoms. The van der Waals surface area contributed by atoms with Crippen LogP contribution in [0.2, 0.25) is 0 Å². The number of hydrogen-bond donors (Lipinski definition) is 3. The number of hydrogen-bond acceptors (Lipinski definition) is 6. The van der Waals surface area contributed by atoms with E-state index in [-0.39, 0.29) is 47.2 Å². The minimum absolute atomic E-state index is 0.0519. The maximum atomic E-state index is 12.6. The molecule has 3 aromatic rings. The van der Waals surface area contributed by atoms with Gasteiger partial charge in [-0.25, -0.2) is 0 Å². The number of Topliss-reactive ketones (excluding diaryl/α,β-unsaturated/α-hetero) is 1. The zero-order chi connectivity index (χ0) is 18.3. The number of carbonyl (C=O) groups excluding carboxylic acids is 1. The number of phenols is 3. The van der Waals surface area contributed by atoms with Gasteiger partial charge in [0.05, 0.1) is 12.7 Å². The van der Waals surface area contributed by atoms with E-state index in [1.807, 2.05) is 0 Å². The summed E-state index contributed by atoms with van der Waals surface area (Å²) in [7, 11) is 0. The van der Waals surface area contributed by atoms with Gasteiger partial charge in [-0.2, -0.15) is 0 Å². The molecule has 1 aliphatic heterocycles. The van der Waals surface area contributed by atoms with Crippen molar-refractivity contribution in [3.8, 4) is 23.0 Å². The van der Waals surface area contributed by atoms with Crippen LogP contribution >= 0.6 is 0 Å². The Bertz CT molecular complexity index is 957. The fourth-order valence-corrected chi connectivity index (χ4v) is 3.16. The summed E-state index contributed by atoms with van der Waals surface area (Å²) in [5.74, 6) is 0.114. The Morgan fingerprint density at radius 1 is 1.04 bits per heavy atom. The van der Waals surface area contributed by atoms with Crippen LogP contribution in [0.1, 0.15) is 39.8 Å². The van der Waals surface area contributed by atoms with E-state index in [0.29, 0.717) is 16.9 Å². The fourth-order valence-electron chi connectivity index (χ4n) is 3.16. The minimum atomic E-state index is -0.577. The van der Waals surface area contributed by atoms with Crippen molar-refractivity contribution < 1.29 is 29.3 Å². The van der Waals surface area contributed by atoms with E-state index < -0.39 is 6.10 Å². The molecule has 0 saturated carbocycles. The SMILES string of the molecule is O=C1CC(c2ccc(O)cc2)Oc2c(Cc3ccco3)c(O)cc(O)c21. The lowest BCUT2D eigenvalue weighted by Crippen LogP contribution is -2.21. The highest BCUT2D eigenvalue weighted by Gasteiger charge is 2.33. The topological polar surface area (TPSA) is 100 Å². The molecule has 2 aromatic carbocycles. The van der Waals surface area contributed by atoms with Gasteiger partial charge < -0.3 is 24.5 Å². The minimum Gasteiger partial charge on any atom is -0.508 e. The first kappa shape index (κ1) is 16.1. The molecule has 2 heterocycles. The van der Waals surface area contributed by atoms with Crippen LogP contribution in [0.15, 0.2) is 53.1 Å². The number of fused-ring (bicyclic) bond motifs is 1. The van der Waals surface area contributed by atoms with Crippen molar-refractivity contribution in [2.75, 3.05) is 0 Å². The molecule has 1 aliphatic rings. The summed E-state index contributed by atoms with van der Waals surface area (Å²) in [6, 6.07) is 11.0. The Hall–Kier alpha value is -3.41. The highest BCUT2D eigenvalue weighted by Crippen LogP contribution is 2.46. The first-order valence-electron chi connectivity index (χ1n) is 8.12. The van der Waals surface area contributed by atoms with Crippen molar-refractivity contribution in [3.63, 3.8) is 0 Å². The van der Waals surface area contributed by atoms with Gasteiger partial charge >= 0.3 is 0 Å². The number of ketones is 1. The Labute approximate surface area is 148 Å². The molecule has 0 bridgehead atoms. The summed E-state index contributed by atoms with van der Waals surface area (Å²) in [5.41, 5.74) is 1.16. The second-order valence-corrected chi connectivity index (χ2v) is 6.18. The van der Waals surface area contributed by atoms with Crippen molar-refractivity contribution in [1.82, 2.24) is 0 Å². The molecule has 1 aromatic heterocycles. The number of carbonyl (C=O) groups is 1. The molecule has 0 fully saturated rings. The van der Waals surface area contributed by atoms with Crippen LogP contribution in [-0.4, -0.2) is 21.1 Å². The number of rotatable bonds is 3. The van der Waals surface area contributed by atoms with E-state index in [0.717, 1.165) is 6.07 Å². The Morgan fingerprint density at radius 2 is 1.81 bits per heavy atom. The van der Waals surface area contributed by atoms with Crippen LogP contribution in [0.25, 0.3) is 0 Å². The van der Waals surface area contributed by atoms with Crippen molar-refractivity contribution in [3.05, 3.63) is 71.2 Å². The molecule has 6 nitrogen and oxygen atoms in total. The van der Waals surface area contributed by atoms with Gasteiger partial charge in [0.15, 0.2) is 5.78 Å². The van der Waals surface area contributed by atoms with Gasteiger partial charge in [0, 0.05) is 18.1 Å². The zero-order valence-corrected chi connectivity index (χ0v) is 13.7. The lowest BCUT2D eigenvalue weighted by atomic mass is 9.92. The van der Waals surface area contributed by atoms with Gasteiger partial charge in [-0.05, 0) is 29.8 Å². The number of phenolic OH excluding ortho intramolecular Hbond substituents is 3. The van der Waals surface area contributed by atoms with Crippen molar-refractivity contribution in [1.29, 1.82) is 0 Å². The smallest absolute Gasteiger partial charge is 0.174 e. The van der Waals surface area contributed by atoms with Gasteiger partial charge in [0.25, 0.3) is 0 Å². The number of furan rings is 1. The van der Waals surface area contributed by atoms with Crippen LogP contribution in [0, 0.1) is 0 Å². The highest BCUT2D eigenvalue weighted by molar-refractivity contribution is 6.03. The molecule has 3 N–H and O–H groups in total. The predicted octanol–water partition coefficient (Wildman–Crippen LogP) is 3.69. The van der Waals surface area contributed by atoms with Crippen molar-refractivity contribution in [2.45, 2.75) is 18.9 Å². The van der Waals surface area contributed by atoms with Crippen LogP contribution in [-0.2, 0) is 6.42 Å². The standard InChI is InChI=1S/C20H16O6/c21-12-5-3-11(4-6-12)18-10-17(24)19-16(23)9-15(22)14(20(19)26-18)8-13-2-1-7-25-13/h1-7,9,18,21-23H,8,10H2. The van der Waals surface area contributed by atoms with Gasteiger partial charge in [0.2, 0.25) is 0 Å². The van der Waals surface area contributed by atoms with E-state index >= 15 is 0 Å². The van der Waals surface area contributed by atoms with Gasteiger partial charge in [-0.3, -0.25) is 4.79 Å². The summed E-state index contributed by atoms with van der Waals surface area (Å²) < 4.78 is 11.3. The van der Waals surface area contributed by atoms with Crippen LogP contribution < -0.4 is 4.74 Å². The summed E-state index contributed by atoms with van der Waals surface area (Å²) in [6.45, 7) is 0. The second-order valence-electron chi connectivity index (χ2n) is 6.18. The highest BCUT2D eigenvalue weighted by atomic mass is 16.5. The molecule has 26 heavy (non-hydrogen) atoms. The summed E-state index contributed by atoms with van der Waals surface area (Å²) in [4.78, 5) is 12.6. The molecule has 0 spiro atoms. The molecule has 1 unspecified atom stereocenters. The van der Waals surface area contributed by atoms with E-state index in [2.05, 4.69) is 0 Å². The molecule has 4 rings (SSSR count). The van der Waals surface area contributed by atoms with Crippen molar-refractivity contribution in [2.24, 2.45) is 0 Å². The Morgan fingerprint density at radius 3 is 2.50 bits per heavy atom. The maximum absolute atomic E-state index is 12.6. The average Bonchev–Trinajstić information content (AvgIpc) is 3.11. The second kappa shape index (κ2) is 6.15. The third-order valence-electron chi connectivity index (χ3n) is 4.45.